The monoisotopic (exact) mass is 458 g/mol. The summed E-state index contributed by atoms with van der Waals surface area (Å²) in [5.41, 5.74) is 1.48. The molecule has 1 unspecified atom stereocenters. The Morgan fingerprint density at radius 2 is 1.94 bits per heavy atom. The molecule has 9 nitrogen and oxygen atoms in total. The number of rotatable bonds is 5. The first-order valence-electron chi connectivity index (χ1n) is 10.6. The van der Waals surface area contributed by atoms with Gasteiger partial charge >= 0.3 is 6.09 Å². The summed E-state index contributed by atoms with van der Waals surface area (Å²) >= 11 is 0. The Kier molecular flexibility index (Phi) is 4.98. The van der Waals surface area contributed by atoms with E-state index < -0.39 is 11.8 Å². The molecule has 2 heterocycles. The molecule has 1 atom stereocenters. The van der Waals surface area contributed by atoms with Crippen LogP contribution in [-0.4, -0.2) is 51.2 Å². The van der Waals surface area contributed by atoms with Crippen molar-refractivity contribution in [3.05, 3.63) is 89.0 Å². The number of carboxylic acid groups (broad SMARTS) is 1. The molecule has 0 aliphatic carbocycles. The van der Waals surface area contributed by atoms with Gasteiger partial charge in [0.15, 0.2) is 5.72 Å². The second-order valence-electron chi connectivity index (χ2n) is 8.09. The third-order valence-electron chi connectivity index (χ3n) is 6.12. The van der Waals surface area contributed by atoms with E-state index in [0.717, 1.165) is 10.5 Å². The average Bonchev–Trinajstić information content (AvgIpc) is 3.37. The first-order chi connectivity index (χ1) is 16.3. The summed E-state index contributed by atoms with van der Waals surface area (Å²) in [5, 5.41) is 21.4. The van der Waals surface area contributed by atoms with E-state index in [-0.39, 0.29) is 18.4 Å². The third kappa shape index (κ3) is 3.25. The largest absolute Gasteiger partial charge is 0.497 e. The normalized spacial score (nSPS) is 17.1. The molecule has 9 heteroatoms. The van der Waals surface area contributed by atoms with E-state index in [9.17, 15) is 19.8 Å². The molecule has 5 rings (SSSR count). The van der Waals surface area contributed by atoms with Crippen LogP contribution in [0, 0.1) is 0 Å². The number of nitrogens with zero attached hydrogens (tertiary/aromatic N) is 3. The lowest BCUT2D eigenvalue weighted by molar-refractivity contribution is -0.0542. The predicted molar refractivity (Wildman–Crippen MR) is 125 cm³/mol. The van der Waals surface area contributed by atoms with E-state index in [1.165, 1.54) is 11.9 Å². The molecule has 172 valence electrons. The van der Waals surface area contributed by atoms with E-state index in [2.05, 4.69) is 9.97 Å². The van der Waals surface area contributed by atoms with Crippen LogP contribution in [0.5, 0.6) is 5.75 Å². The Labute approximate surface area is 194 Å². The Hall–Kier alpha value is -4.37. The maximum atomic E-state index is 13.4. The molecule has 4 aromatic rings. The lowest BCUT2D eigenvalue weighted by atomic mass is 9.93. The van der Waals surface area contributed by atoms with Gasteiger partial charge in [0.05, 0.1) is 18.1 Å². The van der Waals surface area contributed by atoms with Crippen molar-refractivity contribution in [2.24, 2.45) is 0 Å². The number of aromatic nitrogens is 2. The number of aromatic amines is 1. The van der Waals surface area contributed by atoms with E-state index in [4.69, 9.17) is 4.74 Å². The van der Waals surface area contributed by atoms with Crippen molar-refractivity contribution in [3.63, 3.8) is 0 Å². The molecule has 0 spiro atoms. The second-order valence-corrected chi connectivity index (χ2v) is 8.09. The van der Waals surface area contributed by atoms with Crippen LogP contribution in [0.3, 0.4) is 0 Å². The van der Waals surface area contributed by atoms with Crippen molar-refractivity contribution < 1.29 is 24.5 Å². The smallest absolute Gasteiger partial charge is 0.413 e. The number of methoxy groups -OCH3 is 1. The number of carbonyl (C=O) groups excluding carboxylic acids is 1. The Bertz CT molecular complexity index is 1430. The van der Waals surface area contributed by atoms with Gasteiger partial charge in [0.25, 0.3) is 5.91 Å². The highest BCUT2D eigenvalue weighted by Gasteiger charge is 2.49. The number of hydrogen-bond donors (Lipinski definition) is 3. The lowest BCUT2D eigenvalue weighted by Gasteiger charge is -2.35. The molecule has 2 amide bonds. The summed E-state index contributed by atoms with van der Waals surface area (Å²) in [5.74, 6) is 0.513. The van der Waals surface area contributed by atoms with Crippen LogP contribution in [-0.2, 0) is 12.3 Å². The summed E-state index contributed by atoms with van der Waals surface area (Å²) in [6, 6.07) is 19.4. The Morgan fingerprint density at radius 1 is 1.15 bits per heavy atom. The van der Waals surface area contributed by atoms with Crippen LogP contribution >= 0.6 is 0 Å². The zero-order valence-corrected chi connectivity index (χ0v) is 18.5. The molecule has 0 radical (unpaired) electrons. The van der Waals surface area contributed by atoms with Gasteiger partial charge in [-0.1, -0.05) is 36.4 Å². The maximum absolute atomic E-state index is 13.4. The molecule has 1 aromatic heterocycles. The van der Waals surface area contributed by atoms with Crippen molar-refractivity contribution in [1.29, 1.82) is 0 Å². The number of fused-ring (bicyclic) bond motifs is 2. The highest BCUT2D eigenvalue weighted by Crippen LogP contribution is 2.43. The third-order valence-corrected chi connectivity index (χ3v) is 6.12. The van der Waals surface area contributed by atoms with E-state index in [0.29, 0.717) is 33.5 Å². The molecular weight excluding hydrogens is 436 g/mol. The van der Waals surface area contributed by atoms with Gasteiger partial charge in [-0.2, -0.15) is 0 Å². The molecule has 0 saturated heterocycles. The van der Waals surface area contributed by atoms with Crippen LogP contribution in [0.2, 0.25) is 0 Å². The molecule has 0 fully saturated rings. The van der Waals surface area contributed by atoms with Crippen molar-refractivity contribution in [2.45, 2.75) is 12.3 Å². The minimum absolute atomic E-state index is 0.148. The second kappa shape index (κ2) is 7.89. The van der Waals surface area contributed by atoms with Gasteiger partial charge < -0.3 is 19.9 Å². The topological polar surface area (TPSA) is 119 Å². The number of amides is 2. The van der Waals surface area contributed by atoms with Gasteiger partial charge in [-0.3, -0.25) is 14.6 Å². The van der Waals surface area contributed by atoms with E-state index in [1.807, 2.05) is 24.3 Å². The fourth-order valence-electron chi connectivity index (χ4n) is 4.32. The summed E-state index contributed by atoms with van der Waals surface area (Å²) in [6.07, 6.45) is -1.15. The van der Waals surface area contributed by atoms with Crippen molar-refractivity contribution >= 4 is 29.0 Å². The first-order valence-corrected chi connectivity index (χ1v) is 10.6. The molecule has 0 saturated carbocycles. The summed E-state index contributed by atoms with van der Waals surface area (Å²) in [7, 11) is 2.96. The zero-order valence-electron chi connectivity index (χ0n) is 18.5. The van der Waals surface area contributed by atoms with Gasteiger partial charge in [0.2, 0.25) is 5.95 Å². The maximum Gasteiger partial charge on any atom is 0.413 e. The van der Waals surface area contributed by atoms with Gasteiger partial charge in [-0.25, -0.2) is 9.78 Å². The molecule has 34 heavy (non-hydrogen) atoms. The van der Waals surface area contributed by atoms with Crippen molar-refractivity contribution in [1.82, 2.24) is 14.9 Å². The quantitative estimate of drug-likeness (QED) is 0.421. The first kappa shape index (κ1) is 21.5. The van der Waals surface area contributed by atoms with Crippen molar-refractivity contribution in [2.75, 3.05) is 19.1 Å². The van der Waals surface area contributed by atoms with Crippen LogP contribution in [0.1, 0.15) is 27.0 Å². The summed E-state index contributed by atoms with van der Waals surface area (Å²) < 4.78 is 5.31. The number of benzene rings is 3. The number of H-pyrrole nitrogens is 1. The molecule has 1 aliphatic heterocycles. The van der Waals surface area contributed by atoms with Crippen LogP contribution < -0.4 is 9.64 Å². The molecule has 3 N–H and O–H groups in total. The molecule has 1 aliphatic rings. The number of ether oxygens (including phenoxy) is 1. The van der Waals surface area contributed by atoms with E-state index in [1.54, 1.807) is 49.6 Å². The number of anilines is 1. The van der Waals surface area contributed by atoms with Crippen LogP contribution in [0.15, 0.2) is 66.7 Å². The van der Waals surface area contributed by atoms with Gasteiger partial charge in [0, 0.05) is 30.3 Å². The molecular formula is C25H22N4O5. The van der Waals surface area contributed by atoms with Gasteiger partial charge in [-0.05, 0) is 35.9 Å². The minimum Gasteiger partial charge on any atom is -0.497 e. The standard InChI is InChI=1S/C25H22N4O5/c1-28(24(31)32)23-26-20-11-10-16(13-21(20)27-23)25(33)19-9-4-3-8-18(19)22(30)29(25)14-15-6-5-7-17(12-15)34-2/h3-13,33H,14H2,1-2H3,(H,26,27)(H,31,32). The van der Waals surface area contributed by atoms with E-state index >= 15 is 0 Å². The molecule has 3 aromatic carbocycles. The number of carbonyl (C=O) groups is 2. The highest BCUT2D eigenvalue weighted by molar-refractivity contribution is 6.00. The number of hydrogen-bond acceptors (Lipinski definition) is 5. The van der Waals surface area contributed by atoms with Crippen molar-refractivity contribution in [3.8, 4) is 5.75 Å². The minimum atomic E-state index is -1.74. The SMILES string of the molecule is COc1cccc(CN2C(=O)c3ccccc3C2(O)c2ccc3nc(N(C)C(=O)O)[nH]c3c2)c1. The Morgan fingerprint density at radius 3 is 2.71 bits per heavy atom. The van der Waals surface area contributed by atoms with Crippen LogP contribution in [0.4, 0.5) is 10.7 Å². The highest BCUT2D eigenvalue weighted by atomic mass is 16.5. The van der Waals surface area contributed by atoms with Gasteiger partial charge in [0.1, 0.15) is 5.75 Å². The fourth-order valence-corrected chi connectivity index (χ4v) is 4.32. The summed E-state index contributed by atoms with van der Waals surface area (Å²) in [6.45, 7) is 0.148. The zero-order chi connectivity index (χ0) is 24.0. The average molecular weight is 458 g/mol. The number of imidazole rings is 1. The van der Waals surface area contributed by atoms with Crippen LogP contribution in [0.25, 0.3) is 11.0 Å². The molecule has 0 bridgehead atoms. The predicted octanol–water partition coefficient (Wildman–Crippen LogP) is 3.54. The van der Waals surface area contributed by atoms with Gasteiger partial charge in [-0.15, -0.1) is 0 Å². The summed E-state index contributed by atoms with van der Waals surface area (Å²) in [4.78, 5) is 34.4. The number of nitrogens with one attached hydrogen (secondary N) is 1. The lowest BCUT2D eigenvalue weighted by Crippen LogP contribution is -2.44. The fraction of sp³-hybridized carbons (Fsp3) is 0.160. The number of aliphatic hydroxyl groups is 1. The Balaban J connectivity index is 1.63.